The molecule has 1 aromatic carbocycles. The van der Waals surface area contributed by atoms with E-state index < -0.39 is 0 Å². The van der Waals surface area contributed by atoms with Gasteiger partial charge in [0, 0.05) is 5.69 Å². The van der Waals surface area contributed by atoms with Gasteiger partial charge in [-0.05, 0) is 18.2 Å². The summed E-state index contributed by atoms with van der Waals surface area (Å²) < 4.78 is 1.30. The second-order valence-electron chi connectivity index (χ2n) is 4.08. The van der Waals surface area contributed by atoms with Crippen LogP contribution in [0.3, 0.4) is 0 Å². The third kappa shape index (κ3) is 3.11. The summed E-state index contributed by atoms with van der Waals surface area (Å²) in [5.41, 5.74) is 6.51. The molecule has 8 heteroatoms. The van der Waals surface area contributed by atoms with Crippen LogP contribution in [0.1, 0.15) is 11.4 Å². The Morgan fingerprint density at radius 2 is 2.19 bits per heavy atom. The average Bonchev–Trinajstić information content (AvgIpc) is 2.84. The Balaban J connectivity index is 2.12. The van der Waals surface area contributed by atoms with Crippen molar-refractivity contribution in [3.05, 3.63) is 40.9 Å². The molecule has 0 saturated heterocycles. The number of anilines is 2. The topological polar surface area (TPSA) is 121 Å². The molecular weight excluding hydrogens is 292 g/mol. The van der Waals surface area contributed by atoms with Crippen molar-refractivity contribution in [3.8, 4) is 12.1 Å². The molecule has 21 heavy (non-hydrogen) atoms. The number of nitrogens with two attached hydrogens (primary N) is 1. The van der Waals surface area contributed by atoms with E-state index in [0.29, 0.717) is 16.4 Å². The number of nitriles is 2. The van der Waals surface area contributed by atoms with E-state index in [-0.39, 0.29) is 23.8 Å². The van der Waals surface area contributed by atoms with Gasteiger partial charge in [-0.1, -0.05) is 11.6 Å². The predicted molar refractivity (Wildman–Crippen MR) is 76.2 cm³/mol. The van der Waals surface area contributed by atoms with E-state index in [9.17, 15) is 4.79 Å². The standard InChI is InChI=1S/C13H9ClN6O/c14-9-2-1-8(3-10(9)17)19-13(21)6-20-7-18-11(4-15)12(20)5-16/h1-3,7H,6,17H2,(H,19,21). The zero-order valence-electron chi connectivity index (χ0n) is 10.7. The second-order valence-corrected chi connectivity index (χ2v) is 4.48. The van der Waals surface area contributed by atoms with Crippen molar-refractivity contribution in [2.75, 3.05) is 11.1 Å². The molecule has 1 heterocycles. The van der Waals surface area contributed by atoms with Gasteiger partial charge in [-0.2, -0.15) is 10.5 Å². The lowest BCUT2D eigenvalue weighted by molar-refractivity contribution is -0.116. The van der Waals surface area contributed by atoms with Crippen LogP contribution >= 0.6 is 11.6 Å². The Bertz CT molecular complexity index is 783. The first-order valence-corrected chi connectivity index (χ1v) is 6.13. The summed E-state index contributed by atoms with van der Waals surface area (Å²) >= 11 is 5.79. The van der Waals surface area contributed by atoms with Crippen molar-refractivity contribution >= 4 is 28.9 Å². The molecule has 0 unspecified atom stereocenters. The molecule has 0 aliphatic rings. The zero-order chi connectivity index (χ0) is 15.4. The van der Waals surface area contributed by atoms with E-state index >= 15 is 0 Å². The molecule has 1 aromatic heterocycles. The molecule has 0 saturated carbocycles. The van der Waals surface area contributed by atoms with Crippen molar-refractivity contribution in [3.63, 3.8) is 0 Å². The van der Waals surface area contributed by atoms with Gasteiger partial charge >= 0.3 is 0 Å². The highest BCUT2D eigenvalue weighted by molar-refractivity contribution is 6.33. The van der Waals surface area contributed by atoms with Crippen LogP contribution < -0.4 is 11.1 Å². The lowest BCUT2D eigenvalue weighted by Crippen LogP contribution is -2.19. The zero-order valence-corrected chi connectivity index (χ0v) is 11.4. The van der Waals surface area contributed by atoms with Gasteiger partial charge in [-0.15, -0.1) is 0 Å². The van der Waals surface area contributed by atoms with E-state index in [2.05, 4.69) is 10.3 Å². The summed E-state index contributed by atoms with van der Waals surface area (Å²) in [6, 6.07) is 8.33. The summed E-state index contributed by atoms with van der Waals surface area (Å²) in [7, 11) is 0. The van der Waals surface area contributed by atoms with Gasteiger partial charge < -0.3 is 15.6 Å². The van der Waals surface area contributed by atoms with Crippen LogP contribution in [0.4, 0.5) is 11.4 Å². The minimum Gasteiger partial charge on any atom is -0.397 e. The lowest BCUT2D eigenvalue weighted by Gasteiger charge is -2.07. The highest BCUT2D eigenvalue weighted by Crippen LogP contribution is 2.22. The number of hydrogen-bond acceptors (Lipinski definition) is 5. The second kappa shape index (κ2) is 5.95. The molecule has 0 aliphatic carbocycles. The molecule has 2 aromatic rings. The van der Waals surface area contributed by atoms with Crippen LogP contribution in [-0.4, -0.2) is 15.5 Å². The summed E-state index contributed by atoms with van der Waals surface area (Å²) in [5, 5.41) is 20.8. The molecule has 0 atom stereocenters. The van der Waals surface area contributed by atoms with Gasteiger partial charge in [-0.3, -0.25) is 4.79 Å². The fourth-order valence-electron chi connectivity index (χ4n) is 1.68. The Hall–Kier alpha value is -3.03. The number of nitrogens with zero attached hydrogens (tertiary/aromatic N) is 4. The summed E-state index contributed by atoms with van der Waals surface area (Å²) in [6.45, 7) is -0.139. The number of nitrogen functional groups attached to an aromatic ring is 1. The first kappa shape index (κ1) is 14.4. The van der Waals surface area contributed by atoms with Crippen LogP contribution in [0.5, 0.6) is 0 Å². The Labute approximate surface area is 125 Å². The van der Waals surface area contributed by atoms with Crippen LogP contribution in [0, 0.1) is 22.7 Å². The first-order valence-electron chi connectivity index (χ1n) is 5.75. The summed E-state index contributed by atoms with van der Waals surface area (Å²) in [5.74, 6) is -0.380. The number of imidazole rings is 1. The number of rotatable bonds is 3. The monoisotopic (exact) mass is 300 g/mol. The maximum absolute atomic E-state index is 11.9. The first-order chi connectivity index (χ1) is 10.0. The van der Waals surface area contributed by atoms with E-state index in [1.165, 1.54) is 17.0 Å². The largest absolute Gasteiger partial charge is 0.397 e. The fraction of sp³-hybridized carbons (Fsp3) is 0.0769. The Morgan fingerprint density at radius 1 is 1.43 bits per heavy atom. The maximum atomic E-state index is 11.9. The number of amides is 1. The number of nitrogens with one attached hydrogen (secondary N) is 1. The third-order valence-corrected chi connectivity index (χ3v) is 2.99. The number of aromatic nitrogens is 2. The van der Waals surface area contributed by atoms with Crippen molar-refractivity contribution in [2.45, 2.75) is 6.54 Å². The SMILES string of the molecule is N#Cc1ncn(CC(=O)Nc2ccc(Cl)c(N)c2)c1C#N. The molecular formula is C13H9ClN6O. The van der Waals surface area contributed by atoms with E-state index in [1.54, 1.807) is 18.2 Å². The number of carbonyl (C=O) groups is 1. The number of hydrogen-bond donors (Lipinski definition) is 2. The van der Waals surface area contributed by atoms with E-state index in [4.69, 9.17) is 27.9 Å². The van der Waals surface area contributed by atoms with Gasteiger partial charge in [0.1, 0.15) is 18.7 Å². The van der Waals surface area contributed by atoms with E-state index in [1.807, 2.05) is 6.07 Å². The van der Waals surface area contributed by atoms with Crippen LogP contribution in [0.15, 0.2) is 24.5 Å². The van der Waals surface area contributed by atoms with Gasteiger partial charge in [0.05, 0.1) is 17.0 Å². The van der Waals surface area contributed by atoms with Gasteiger partial charge in [-0.25, -0.2) is 4.98 Å². The molecule has 104 valence electrons. The smallest absolute Gasteiger partial charge is 0.244 e. The van der Waals surface area contributed by atoms with Gasteiger partial charge in [0.2, 0.25) is 5.91 Å². The maximum Gasteiger partial charge on any atom is 0.244 e. The van der Waals surface area contributed by atoms with Crippen LogP contribution in [0.25, 0.3) is 0 Å². The molecule has 0 spiro atoms. The number of carbonyl (C=O) groups excluding carboxylic acids is 1. The van der Waals surface area contributed by atoms with Crippen molar-refractivity contribution < 1.29 is 4.79 Å². The van der Waals surface area contributed by atoms with Gasteiger partial charge in [0.25, 0.3) is 0 Å². The highest BCUT2D eigenvalue weighted by atomic mass is 35.5. The van der Waals surface area contributed by atoms with Gasteiger partial charge in [0.15, 0.2) is 11.4 Å². The number of benzene rings is 1. The third-order valence-electron chi connectivity index (χ3n) is 2.64. The quantitative estimate of drug-likeness (QED) is 0.832. The predicted octanol–water partition coefficient (Wildman–Crippen LogP) is 1.50. The average molecular weight is 301 g/mol. The minimum atomic E-state index is -0.380. The van der Waals surface area contributed by atoms with Crippen molar-refractivity contribution in [2.24, 2.45) is 0 Å². The lowest BCUT2D eigenvalue weighted by atomic mass is 10.3. The summed E-state index contributed by atoms with van der Waals surface area (Å²) in [6.07, 6.45) is 1.27. The molecule has 0 radical (unpaired) electrons. The molecule has 7 nitrogen and oxygen atoms in total. The fourth-order valence-corrected chi connectivity index (χ4v) is 1.80. The minimum absolute atomic E-state index is 0.0129. The molecule has 2 rings (SSSR count). The Morgan fingerprint density at radius 3 is 2.81 bits per heavy atom. The molecule has 0 aliphatic heterocycles. The van der Waals surface area contributed by atoms with Crippen molar-refractivity contribution in [1.29, 1.82) is 10.5 Å². The van der Waals surface area contributed by atoms with Crippen LogP contribution in [0.2, 0.25) is 5.02 Å². The Kier molecular flexibility index (Phi) is 4.07. The molecule has 0 fully saturated rings. The summed E-state index contributed by atoms with van der Waals surface area (Å²) in [4.78, 5) is 15.7. The number of halogens is 1. The molecule has 0 bridgehead atoms. The normalized spacial score (nSPS) is 9.67. The van der Waals surface area contributed by atoms with E-state index in [0.717, 1.165) is 0 Å². The molecule has 1 amide bonds. The highest BCUT2D eigenvalue weighted by Gasteiger charge is 2.13. The van der Waals surface area contributed by atoms with Crippen LogP contribution in [-0.2, 0) is 11.3 Å². The molecule has 3 N–H and O–H groups in total. The van der Waals surface area contributed by atoms with Crippen molar-refractivity contribution in [1.82, 2.24) is 9.55 Å².